The van der Waals surface area contributed by atoms with Gasteiger partial charge in [-0.1, -0.05) is 65.7 Å². The van der Waals surface area contributed by atoms with E-state index in [4.69, 9.17) is 23.2 Å². The van der Waals surface area contributed by atoms with Gasteiger partial charge in [-0.25, -0.2) is 10.2 Å². The van der Waals surface area contributed by atoms with Gasteiger partial charge in [-0.15, -0.1) is 26.3 Å². The number of carbonyl (C=O) groups is 2. The molecular formula is C34H20Cl2F6N4O6. The first kappa shape index (κ1) is 37.5. The monoisotopic (exact) mass is 764 g/mol. The summed E-state index contributed by atoms with van der Waals surface area (Å²) in [5.74, 6) is -1.54. The predicted octanol–water partition coefficient (Wildman–Crippen LogP) is 7.80. The predicted molar refractivity (Wildman–Crippen MR) is 177 cm³/mol. The third kappa shape index (κ3) is 9.73. The highest BCUT2D eigenvalue weighted by atomic mass is 35.5. The second-order valence-corrected chi connectivity index (χ2v) is 11.5. The molecule has 2 heterocycles. The Balaban J connectivity index is 0.000000201. The minimum absolute atomic E-state index is 0.0369. The van der Waals surface area contributed by atoms with Crippen LogP contribution in [0.4, 0.5) is 26.3 Å². The number of rotatable bonds is 8. The first-order chi connectivity index (χ1) is 24.5. The number of nitrogens with zero attached hydrogens (tertiary/aromatic N) is 2. The van der Waals surface area contributed by atoms with Crippen LogP contribution in [0.5, 0.6) is 11.5 Å². The molecule has 0 radical (unpaired) electrons. The largest absolute Gasteiger partial charge is 0.573 e. The van der Waals surface area contributed by atoms with Crippen LogP contribution < -0.4 is 20.6 Å². The number of halogens is 8. The molecule has 0 spiro atoms. The third-order valence-electron chi connectivity index (χ3n) is 7.12. The van der Waals surface area contributed by atoms with E-state index < -0.39 is 35.3 Å². The fourth-order valence-corrected chi connectivity index (χ4v) is 5.30. The highest BCUT2D eigenvalue weighted by Gasteiger charge is 2.32. The summed E-state index contributed by atoms with van der Waals surface area (Å²) in [6, 6.07) is 19.0. The topological polar surface area (TPSA) is 144 Å². The average Bonchev–Trinajstić information content (AvgIpc) is 3.07. The first-order valence-corrected chi connectivity index (χ1v) is 15.3. The van der Waals surface area contributed by atoms with Crippen LogP contribution in [0, 0.1) is 0 Å². The Kier molecular flexibility index (Phi) is 11.0. The maximum atomic E-state index is 12.4. The van der Waals surface area contributed by atoms with Gasteiger partial charge in [0.2, 0.25) is 0 Å². The van der Waals surface area contributed by atoms with Gasteiger partial charge in [0.05, 0.1) is 10.8 Å². The molecule has 10 nitrogen and oxygen atoms in total. The zero-order chi connectivity index (χ0) is 37.8. The molecule has 0 aliphatic carbocycles. The molecule has 0 unspecified atom stereocenters. The van der Waals surface area contributed by atoms with Crippen LogP contribution in [-0.4, -0.2) is 44.7 Å². The van der Waals surface area contributed by atoms with Crippen LogP contribution >= 0.6 is 23.2 Å². The number of H-pyrrole nitrogens is 2. The lowest BCUT2D eigenvalue weighted by Gasteiger charge is -2.10. The van der Waals surface area contributed by atoms with E-state index in [2.05, 4.69) is 29.9 Å². The molecule has 6 rings (SSSR count). The molecule has 0 fully saturated rings. The molecule has 4 aromatic carbocycles. The Morgan fingerprint density at radius 2 is 1.00 bits per heavy atom. The van der Waals surface area contributed by atoms with E-state index in [1.165, 1.54) is 60.7 Å². The minimum Gasteiger partial charge on any atom is -0.406 e. The van der Waals surface area contributed by atoms with Crippen LogP contribution in [0.3, 0.4) is 0 Å². The minimum atomic E-state index is -4.81. The van der Waals surface area contributed by atoms with E-state index >= 15 is 0 Å². The van der Waals surface area contributed by atoms with Crippen LogP contribution in [-0.2, 0) is 12.8 Å². The van der Waals surface area contributed by atoms with Crippen molar-refractivity contribution in [3.05, 3.63) is 138 Å². The lowest BCUT2D eigenvalue weighted by Crippen LogP contribution is -2.17. The number of alkyl halides is 6. The molecule has 0 saturated carbocycles. The van der Waals surface area contributed by atoms with Gasteiger partial charge in [0.1, 0.15) is 11.5 Å². The molecular weight excluding hydrogens is 745 g/mol. The number of nitrogens with one attached hydrogen (secondary N) is 2. The average molecular weight is 765 g/mol. The summed E-state index contributed by atoms with van der Waals surface area (Å²) in [7, 11) is 0. The Bertz CT molecular complexity index is 2430. The molecule has 18 heteroatoms. The van der Waals surface area contributed by atoms with Crippen molar-refractivity contribution in [2.24, 2.45) is 0 Å². The standard InChI is InChI=1S/2C17H10ClF3N2O3/c18-15-13-8-10(4-5-12(13)16(25)23-22-15)14(24)7-9-2-1-3-11(6-9)26-17(19,20)21;18-15-12-5-4-10(8-13(12)16(25)23-22-15)14(24)7-9-2-1-3-11(6-9)26-17(19,20)21/h2*1-6,8H,7H2,(H,23,25). The van der Waals surface area contributed by atoms with Gasteiger partial charge in [0.15, 0.2) is 21.9 Å². The van der Waals surface area contributed by atoms with Crippen molar-refractivity contribution in [3.63, 3.8) is 0 Å². The summed E-state index contributed by atoms with van der Waals surface area (Å²) < 4.78 is 81.4. The zero-order valence-corrected chi connectivity index (χ0v) is 27.4. The van der Waals surface area contributed by atoms with E-state index in [1.807, 2.05) is 0 Å². The molecule has 2 N–H and O–H groups in total. The summed E-state index contributed by atoms with van der Waals surface area (Å²) in [6.07, 6.45) is -9.92. The number of carbonyl (C=O) groups excluding carboxylic acids is 2. The lowest BCUT2D eigenvalue weighted by molar-refractivity contribution is -0.275. The summed E-state index contributed by atoms with van der Waals surface area (Å²) in [4.78, 5) is 48.4. The fourth-order valence-electron chi connectivity index (χ4n) is 4.89. The normalized spacial score (nSPS) is 11.5. The van der Waals surface area contributed by atoms with Crippen molar-refractivity contribution in [2.45, 2.75) is 25.6 Å². The van der Waals surface area contributed by atoms with Crippen LogP contribution in [0.25, 0.3) is 21.5 Å². The van der Waals surface area contributed by atoms with Gasteiger partial charge in [-0.3, -0.25) is 19.2 Å². The smallest absolute Gasteiger partial charge is 0.406 e. The Morgan fingerprint density at radius 3 is 1.48 bits per heavy atom. The number of ketones is 2. The Labute approximate surface area is 296 Å². The van der Waals surface area contributed by atoms with Crippen molar-refractivity contribution in [1.82, 2.24) is 20.4 Å². The number of benzene rings is 4. The maximum absolute atomic E-state index is 12.4. The van der Waals surface area contributed by atoms with Crippen molar-refractivity contribution in [2.75, 3.05) is 0 Å². The van der Waals surface area contributed by atoms with Gasteiger partial charge in [0, 0.05) is 34.7 Å². The Morgan fingerprint density at radius 1 is 0.577 bits per heavy atom. The third-order valence-corrected chi connectivity index (χ3v) is 7.70. The molecule has 0 aliphatic rings. The molecule has 0 saturated heterocycles. The summed E-state index contributed by atoms with van der Waals surface area (Å²) in [5, 5.41) is 13.0. The van der Waals surface area contributed by atoms with E-state index in [9.17, 15) is 45.5 Å². The number of Topliss-reactive ketones (excluding diaryl/α,β-unsaturated/α-hetero) is 2. The maximum Gasteiger partial charge on any atom is 0.573 e. The molecule has 6 aromatic rings. The summed E-state index contributed by atoms with van der Waals surface area (Å²) >= 11 is 11.8. The number of aromatic nitrogens is 4. The number of aromatic amines is 2. The van der Waals surface area contributed by atoms with Crippen molar-refractivity contribution < 1.29 is 45.4 Å². The van der Waals surface area contributed by atoms with Crippen molar-refractivity contribution >= 4 is 56.3 Å². The Hall–Kier alpha value is -5.74. The second-order valence-electron chi connectivity index (χ2n) is 10.8. The quantitative estimate of drug-likeness (QED) is 0.118. The van der Waals surface area contributed by atoms with Crippen molar-refractivity contribution in [1.29, 1.82) is 0 Å². The SMILES string of the molecule is O=C(Cc1cccc(OC(F)(F)F)c1)c1ccc2c(=O)[nH]nc(Cl)c2c1.O=C(Cc1cccc(OC(F)(F)F)c1)c1ccc2c(Cl)n[nH]c(=O)c2c1. The molecule has 0 aliphatic heterocycles. The van der Waals surface area contributed by atoms with Gasteiger partial charge in [-0.2, -0.15) is 10.2 Å². The van der Waals surface area contributed by atoms with E-state index in [1.54, 1.807) is 0 Å². The molecule has 0 amide bonds. The van der Waals surface area contributed by atoms with Crippen LogP contribution in [0.1, 0.15) is 31.8 Å². The van der Waals surface area contributed by atoms with Crippen LogP contribution in [0.15, 0.2) is 94.5 Å². The highest BCUT2D eigenvalue weighted by Crippen LogP contribution is 2.26. The van der Waals surface area contributed by atoms with E-state index in [0.717, 1.165) is 24.3 Å². The number of hydrogen-bond acceptors (Lipinski definition) is 8. The molecule has 52 heavy (non-hydrogen) atoms. The van der Waals surface area contributed by atoms with Crippen molar-refractivity contribution in [3.8, 4) is 11.5 Å². The zero-order valence-electron chi connectivity index (χ0n) is 25.9. The lowest BCUT2D eigenvalue weighted by atomic mass is 10.0. The first-order valence-electron chi connectivity index (χ1n) is 14.6. The molecule has 2 aromatic heterocycles. The number of hydrogen-bond donors (Lipinski definition) is 2. The van der Waals surface area contributed by atoms with Gasteiger partial charge < -0.3 is 9.47 Å². The van der Waals surface area contributed by atoms with E-state index in [-0.39, 0.29) is 56.6 Å². The molecule has 268 valence electrons. The summed E-state index contributed by atoms with van der Waals surface area (Å²) in [5.41, 5.74) is 0.242. The van der Waals surface area contributed by atoms with Gasteiger partial charge in [-0.05, 0) is 53.6 Å². The molecule has 0 bridgehead atoms. The highest BCUT2D eigenvalue weighted by molar-refractivity contribution is 6.34. The van der Waals surface area contributed by atoms with Gasteiger partial charge >= 0.3 is 12.7 Å². The molecule has 0 atom stereocenters. The second kappa shape index (κ2) is 15.2. The summed E-state index contributed by atoms with van der Waals surface area (Å²) in [6.45, 7) is 0. The van der Waals surface area contributed by atoms with E-state index in [0.29, 0.717) is 21.9 Å². The van der Waals surface area contributed by atoms with Gasteiger partial charge in [0.25, 0.3) is 11.1 Å². The fraction of sp³-hybridized carbons (Fsp3) is 0.118. The van der Waals surface area contributed by atoms with Crippen LogP contribution in [0.2, 0.25) is 10.3 Å². The number of ether oxygens (including phenoxy) is 2. The number of fused-ring (bicyclic) bond motifs is 2.